The Bertz CT molecular complexity index is 944. The van der Waals surface area contributed by atoms with E-state index in [1.54, 1.807) is 12.1 Å². The molecule has 0 radical (unpaired) electrons. The van der Waals surface area contributed by atoms with Gasteiger partial charge in [0.15, 0.2) is 17.3 Å². The molecule has 0 fully saturated rings. The average Bonchev–Trinajstić information content (AvgIpc) is 2.69. The molecule has 0 saturated carbocycles. The van der Waals surface area contributed by atoms with E-state index in [0.717, 1.165) is 6.42 Å². The van der Waals surface area contributed by atoms with Gasteiger partial charge < -0.3 is 9.64 Å². The summed E-state index contributed by atoms with van der Waals surface area (Å²) >= 11 is 3.30. The van der Waals surface area contributed by atoms with Crippen LogP contribution in [0, 0.1) is 11.6 Å². The first-order chi connectivity index (χ1) is 13.9. The summed E-state index contributed by atoms with van der Waals surface area (Å²) in [7, 11) is 0. The summed E-state index contributed by atoms with van der Waals surface area (Å²) in [5.74, 6) is -1.18. The van der Waals surface area contributed by atoms with Crippen LogP contribution in [-0.4, -0.2) is 23.2 Å². The normalized spacial score (nSPS) is 16.2. The number of ether oxygens (including phenoxy) is 1. The van der Waals surface area contributed by atoms with Crippen molar-refractivity contribution >= 4 is 27.6 Å². The lowest BCUT2D eigenvalue weighted by Gasteiger charge is -2.31. The minimum Gasteiger partial charge on any atom is -0.491 e. The van der Waals surface area contributed by atoms with Crippen LogP contribution in [0.1, 0.15) is 36.9 Å². The molecule has 29 heavy (non-hydrogen) atoms. The SMILES string of the molecule is CCCOc1cc(CC(=O)N2C=CC(=O)CC2c2ccc(F)cc2)c(Br)cc1F. The molecule has 2 aromatic rings. The quantitative estimate of drug-likeness (QED) is 0.597. The van der Waals surface area contributed by atoms with Crippen molar-refractivity contribution in [1.82, 2.24) is 4.90 Å². The Morgan fingerprint density at radius 2 is 1.97 bits per heavy atom. The third-order valence-electron chi connectivity index (χ3n) is 4.60. The van der Waals surface area contributed by atoms with Crippen molar-refractivity contribution in [3.05, 3.63) is 75.9 Å². The summed E-state index contributed by atoms with van der Waals surface area (Å²) < 4.78 is 33.2. The second-order valence-electron chi connectivity index (χ2n) is 6.75. The summed E-state index contributed by atoms with van der Waals surface area (Å²) in [5.41, 5.74) is 1.24. The van der Waals surface area contributed by atoms with E-state index in [1.807, 2.05) is 6.92 Å². The van der Waals surface area contributed by atoms with Crippen LogP contribution in [0.5, 0.6) is 5.75 Å². The molecule has 7 heteroatoms. The molecule has 1 amide bonds. The molecule has 0 spiro atoms. The van der Waals surface area contributed by atoms with E-state index in [0.29, 0.717) is 22.2 Å². The minimum absolute atomic E-state index is 0.0143. The molecule has 1 aliphatic rings. The highest BCUT2D eigenvalue weighted by atomic mass is 79.9. The van der Waals surface area contributed by atoms with Gasteiger partial charge in [0.1, 0.15) is 5.82 Å². The molecule has 4 nitrogen and oxygen atoms in total. The van der Waals surface area contributed by atoms with Crippen LogP contribution in [0.4, 0.5) is 8.78 Å². The predicted molar refractivity (Wildman–Crippen MR) is 108 cm³/mol. The Labute approximate surface area is 176 Å². The second-order valence-corrected chi connectivity index (χ2v) is 7.61. The fraction of sp³-hybridized carbons (Fsp3) is 0.273. The number of amides is 1. The van der Waals surface area contributed by atoms with Crippen molar-refractivity contribution in [2.24, 2.45) is 0 Å². The number of halogens is 3. The zero-order chi connectivity index (χ0) is 21.0. The number of benzene rings is 2. The van der Waals surface area contributed by atoms with Crippen molar-refractivity contribution in [2.75, 3.05) is 6.61 Å². The topological polar surface area (TPSA) is 46.6 Å². The predicted octanol–water partition coefficient (Wildman–Crippen LogP) is 5.12. The summed E-state index contributed by atoms with van der Waals surface area (Å²) in [6.07, 6.45) is 3.64. The van der Waals surface area contributed by atoms with Crippen molar-refractivity contribution in [2.45, 2.75) is 32.2 Å². The number of hydrogen-bond acceptors (Lipinski definition) is 3. The number of hydrogen-bond donors (Lipinski definition) is 0. The molecule has 152 valence electrons. The average molecular weight is 464 g/mol. The highest BCUT2D eigenvalue weighted by molar-refractivity contribution is 9.10. The molecule has 1 heterocycles. The molecule has 0 aromatic heterocycles. The van der Waals surface area contributed by atoms with Gasteiger partial charge in [-0.15, -0.1) is 0 Å². The van der Waals surface area contributed by atoms with Crippen LogP contribution in [-0.2, 0) is 16.0 Å². The summed E-state index contributed by atoms with van der Waals surface area (Å²) in [6.45, 7) is 2.29. The Morgan fingerprint density at radius 3 is 2.66 bits per heavy atom. The lowest BCUT2D eigenvalue weighted by Crippen LogP contribution is -2.35. The van der Waals surface area contributed by atoms with E-state index < -0.39 is 11.9 Å². The van der Waals surface area contributed by atoms with Crippen molar-refractivity contribution in [1.29, 1.82) is 0 Å². The fourth-order valence-corrected chi connectivity index (χ4v) is 3.58. The molecular formula is C22H20BrF2NO3. The van der Waals surface area contributed by atoms with Crippen LogP contribution in [0.25, 0.3) is 0 Å². The first-order valence-electron chi connectivity index (χ1n) is 9.27. The molecule has 3 rings (SSSR count). The van der Waals surface area contributed by atoms with Gasteiger partial charge in [0.05, 0.1) is 19.1 Å². The highest BCUT2D eigenvalue weighted by Crippen LogP contribution is 2.31. The summed E-state index contributed by atoms with van der Waals surface area (Å²) in [6, 6.07) is 8.01. The fourth-order valence-electron chi connectivity index (χ4n) is 3.13. The zero-order valence-electron chi connectivity index (χ0n) is 15.8. The van der Waals surface area contributed by atoms with E-state index in [1.165, 1.54) is 41.4 Å². The number of carbonyl (C=O) groups is 2. The minimum atomic E-state index is -0.518. The standard InChI is InChI=1S/C22H20BrF2NO3/c1-2-9-29-21-10-15(18(23)13-19(21)25)11-22(28)26-8-7-17(27)12-20(26)14-3-5-16(24)6-4-14/h3-8,10,13,20H,2,9,11-12H2,1H3. The lowest BCUT2D eigenvalue weighted by molar-refractivity contribution is -0.131. The number of allylic oxidation sites excluding steroid dienone is 1. The Morgan fingerprint density at radius 1 is 1.24 bits per heavy atom. The molecular weight excluding hydrogens is 444 g/mol. The van der Waals surface area contributed by atoms with Crippen molar-refractivity contribution < 1.29 is 23.1 Å². The summed E-state index contributed by atoms with van der Waals surface area (Å²) in [5, 5.41) is 0. The van der Waals surface area contributed by atoms with Gasteiger partial charge in [-0.1, -0.05) is 35.0 Å². The van der Waals surface area contributed by atoms with Crippen LogP contribution in [0.2, 0.25) is 0 Å². The highest BCUT2D eigenvalue weighted by Gasteiger charge is 2.29. The van der Waals surface area contributed by atoms with Gasteiger partial charge in [-0.05, 0) is 47.9 Å². The molecule has 0 bridgehead atoms. The second kappa shape index (κ2) is 9.31. The molecule has 1 unspecified atom stereocenters. The third-order valence-corrected chi connectivity index (χ3v) is 5.34. The number of rotatable bonds is 6. The van der Waals surface area contributed by atoms with Crippen molar-refractivity contribution in [3.8, 4) is 5.75 Å². The van der Waals surface area contributed by atoms with E-state index >= 15 is 0 Å². The zero-order valence-corrected chi connectivity index (χ0v) is 17.4. The molecule has 0 aliphatic carbocycles. The maximum absolute atomic E-state index is 14.1. The molecule has 0 N–H and O–H groups in total. The Hall–Kier alpha value is -2.54. The molecule has 0 saturated heterocycles. The van der Waals surface area contributed by atoms with E-state index in [-0.39, 0.29) is 36.1 Å². The first kappa shape index (κ1) is 21.2. The van der Waals surface area contributed by atoms with Crippen LogP contribution in [0.3, 0.4) is 0 Å². The third kappa shape index (κ3) is 5.09. The van der Waals surface area contributed by atoms with Crippen molar-refractivity contribution in [3.63, 3.8) is 0 Å². The van der Waals surface area contributed by atoms with Gasteiger partial charge in [-0.2, -0.15) is 0 Å². The summed E-state index contributed by atoms with van der Waals surface area (Å²) in [4.78, 5) is 26.4. The van der Waals surface area contributed by atoms with Gasteiger partial charge >= 0.3 is 0 Å². The van der Waals surface area contributed by atoms with Gasteiger partial charge in [0.25, 0.3) is 0 Å². The van der Waals surface area contributed by atoms with Crippen LogP contribution >= 0.6 is 15.9 Å². The van der Waals surface area contributed by atoms with Gasteiger partial charge in [0.2, 0.25) is 5.91 Å². The monoisotopic (exact) mass is 463 g/mol. The van der Waals surface area contributed by atoms with Crippen LogP contribution in [0.15, 0.2) is 53.1 Å². The number of nitrogens with zero attached hydrogens (tertiary/aromatic N) is 1. The van der Waals surface area contributed by atoms with Crippen LogP contribution < -0.4 is 4.74 Å². The number of ketones is 1. The van der Waals surface area contributed by atoms with E-state index in [4.69, 9.17) is 4.74 Å². The smallest absolute Gasteiger partial charge is 0.231 e. The van der Waals surface area contributed by atoms with E-state index in [9.17, 15) is 18.4 Å². The number of carbonyl (C=O) groups excluding carboxylic acids is 2. The van der Waals surface area contributed by atoms with E-state index in [2.05, 4.69) is 15.9 Å². The first-order valence-corrected chi connectivity index (χ1v) is 10.1. The Balaban J connectivity index is 1.85. The molecule has 1 aliphatic heterocycles. The molecule has 1 atom stereocenters. The Kier molecular flexibility index (Phi) is 6.79. The maximum atomic E-state index is 14.1. The lowest BCUT2D eigenvalue weighted by atomic mass is 9.96. The maximum Gasteiger partial charge on any atom is 0.231 e. The van der Waals surface area contributed by atoms with Gasteiger partial charge in [0, 0.05) is 17.1 Å². The van der Waals surface area contributed by atoms with Gasteiger partial charge in [-0.25, -0.2) is 8.78 Å². The van der Waals surface area contributed by atoms with Gasteiger partial charge in [-0.3, -0.25) is 9.59 Å². The largest absolute Gasteiger partial charge is 0.491 e. The molecule has 2 aromatic carbocycles.